The predicted octanol–water partition coefficient (Wildman–Crippen LogP) is -0.0971. The smallest absolute Gasteiger partial charge is 0.445 e. The molecule has 0 fully saturated rings. The Morgan fingerprint density at radius 1 is 1.00 bits per heavy atom. The molecule has 0 aliphatic carbocycles. The van der Waals surface area contributed by atoms with Crippen LogP contribution in [0.2, 0.25) is 0 Å². The van der Waals surface area contributed by atoms with Gasteiger partial charge in [0.15, 0.2) is 0 Å². The molecule has 0 atom stereocenters. The van der Waals surface area contributed by atoms with E-state index in [9.17, 15) is 17.7 Å². The van der Waals surface area contributed by atoms with Gasteiger partial charge in [-0.05, 0) is 5.56 Å². The summed E-state index contributed by atoms with van der Waals surface area (Å²) >= 11 is 0. The van der Waals surface area contributed by atoms with Gasteiger partial charge in [-0.3, -0.25) is 4.79 Å². The van der Waals surface area contributed by atoms with Gasteiger partial charge in [-0.25, -0.2) is 0 Å². The van der Waals surface area contributed by atoms with Gasteiger partial charge in [-0.15, -0.1) is 5.98 Å². The van der Waals surface area contributed by atoms with Crippen molar-refractivity contribution in [1.29, 1.82) is 0 Å². The van der Waals surface area contributed by atoms with Crippen LogP contribution in [0, 0.1) is 0 Å². The fourth-order valence-corrected chi connectivity index (χ4v) is 0.906. The molecule has 0 saturated heterocycles. The summed E-state index contributed by atoms with van der Waals surface area (Å²) in [5.74, 6) is 0.218. The normalized spacial score (nSPS) is 11.1. The molecule has 0 unspecified atom stereocenters. The number of hydrogen-bond acceptors (Lipinski definition) is 1. The van der Waals surface area contributed by atoms with Crippen LogP contribution in [0.4, 0.5) is 12.9 Å². The maximum Gasteiger partial charge on any atom is 1.00 e. The Kier molecular flexibility index (Phi) is 6.70. The van der Waals surface area contributed by atoms with Gasteiger partial charge in [-0.2, -0.15) is 0 Å². The topological polar surface area (TPSA) is 17.1 Å². The molecule has 0 bridgehead atoms. The minimum absolute atomic E-state index is 0. The minimum atomic E-state index is -4.89. The molecule has 0 aliphatic rings. The molecule has 6 heteroatoms. The summed E-state index contributed by atoms with van der Waals surface area (Å²) in [7, 11) is 0. The van der Waals surface area contributed by atoms with Crippen LogP contribution >= 0.6 is 0 Å². The molecule has 0 saturated carbocycles. The molecule has 1 aromatic carbocycles. The average Bonchev–Trinajstić information content (AvgIpc) is 2.14. The summed E-state index contributed by atoms with van der Waals surface area (Å²) in [6.07, 6.45) is 1.62. The second-order valence-corrected chi connectivity index (χ2v) is 2.77. The number of rotatable bonds is 3. The molecular formula is C9H7BF3KO. The van der Waals surface area contributed by atoms with Crippen molar-refractivity contribution in [2.75, 3.05) is 0 Å². The van der Waals surface area contributed by atoms with E-state index in [0.717, 1.165) is 6.08 Å². The minimum Gasteiger partial charge on any atom is -0.445 e. The van der Waals surface area contributed by atoms with Gasteiger partial charge < -0.3 is 12.9 Å². The molecule has 0 aromatic heterocycles. The Labute approximate surface area is 128 Å². The van der Waals surface area contributed by atoms with Crippen molar-refractivity contribution in [3.8, 4) is 0 Å². The fraction of sp³-hybridized carbons (Fsp3) is 0. The van der Waals surface area contributed by atoms with Crippen LogP contribution in [-0.2, 0) is 0 Å². The zero-order chi connectivity index (χ0) is 10.6. The Hall–Kier alpha value is 0.121. The number of halogens is 3. The first-order valence-electron chi connectivity index (χ1n) is 3.96. The third-order valence-electron chi connectivity index (χ3n) is 1.58. The molecule has 0 N–H and O–H groups in total. The Morgan fingerprint density at radius 2 is 1.47 bits per heavy atom. The molecule has 0 heterocycles. The van der Waals surface area contributed by atoms with Crippen molar-refractivity contribution in [2.45, 2.75) is 0 Å². The molecule has 0 radical (unpaired) electrons. The van der Waals surface area contributed by atoms with Gasteiger partial charge in [0, 0.05) is 5.56 Å². The number of hydrogen-bond donors (Lipinski definition) is 0. The van der Waals surface area contributed by atoms with Crippen molar-refractivity contribution in [2.24, 2.45) is 0 Å². The van der Waals surface area contributed by atoms with Gasteiger partial charge in [0.1, 0.15) is 6.29 Å². The Morgan fingerprint density at radius 3 is 1.87 bits per heavy atom. The molecule has 15 heavy (non-hydrogen) atoms. The zero-order valence-corrected chi connectivity index (χ0v) is 11.3. The summed E-state index contributed by atoms with van der Waals surface area (Å²) in [5, 5.41) is 0. The SMILES string of the molecule is O=Cc1ccc(/C=C/[B-](F)(F)F)cc1.[K+]. The number of benzene rings is 1. The fourth-order valence-electron chi connectivity index (χ4n) is 0.906. The first-order chi connectivity index (χ1) is 6.51. The number of carbonyl (C=O) groups is 1. The van der Waals surface area contributed by atoms with Gasteiger partial charge in [0.05, 0.1) is 0 Å². The van der Waals surface area contributed by atoms with E-state index in [0.29, 0.717) is 17.4 Å². The maximum absolute atomic E-state index is 11.8. The second kappa shape index (κ2) is 6.65. The third kappa shape index (κ3) is 6.32. The molecule has 0 aliphatic heterocycles. The van der Waals surface area contributed by atoms with Crippen molar-refractivity contribution < 1.29 is 69.1 Å². The predicted molar refractivity (Wildman–Crippen MR) is 49.9 cm³/mol. The summed E-state index contributed by atoms with van der Waals surface area (Å²) in [6, 6.07) is 5.86. The summed E-state index contributed by atoms with van der Waals surface area (Å²) < 4.78 is 35.4. The largest absolute Gasteiger partial charge is 1.00 e. The van der Waals surface area contributed by atoms with Crippen LogP contribution < -0.4 is 51.4 Å². The Bertz CT molecular complexity index is 345. The number of aldehydes is 1. The molecule has 1 aromatic rings. The van der Waals surface area contributed by atoms with E-state index in [-0.39, 0.29) is 57.4 Å². The van der Waals surface area contributed by atoms with Crippen molar-refractivity contribution in [3.63, 3.8) is 0 Å². The second-order valence-electron chi connectivity index (χ2n) is 2.77. The number of carbonyl (C=O) groups excluding carboxylic acids is 1. The van der Waals surface area contributed by atoms with Crippen molar-refractivity contribution in [3.05, 3.63) is 41.4 Å². The molecule has 0 spiro atoms. The van der Waals surface area contributed by atoms with Gasteiger partial charge in [0.25, 0.3) is 0 Å². The standard InChI is InChI=1S/C9H7BF3O.K/c11-10(12,13)6-5-8-1-3-9(7-14)4-2-8;/h1-7H;/q-1;+1/b6-5+;. The molecule has 74 valence electrons. The molecule has 0 amide bonds. The average molecular weight is 238 g/mol. The van der Waals surface area contributed by atoms with E-state index in [1.165, 1.54) is 24.3 Å². The van der Waals surface area contributed by atoms with Crippen LogP contribution in [0.3, 0.4) is 0 Å². The summed E-state index contributed by atoms with van der Waals surface area (Å²) in [5.41, 5.74) is 0.870. The monoisotopic (exact) mass is 238 g/mol. The Balaban J connectivity index is 0.00000196. The van der Waals surface area contributed by atoms with Crippen LogP contribution in [0.5, 0.6) is 0 Å². The van der Waals surface area contributed by atoms with Crippen LogP contribution in [0.15, 0.2) is 30.2 Å². The quantitative estimate of drug-likeness (QED) is 0.531. The third-order valence-corrected chi connectivity index (χ3v) is 1.58. The van der Waals surface area contributed by atoms with Crippen LogP contribution in [0.1, 0.15) is 15.9 Å². The maximum atomic E-state index is 11.8. The van der Waals surface area contributed by atoms with Gasteiger partial charge >= 0.3 is 58.4 Å². The molecule has 1 nitrogen and oxygen atoms in total. The van der Waals surface area contributed by atoms with E-state index in [2.05, 4.69) is 0 Å². The summed E-state index contributed by atoms with van der Waals surface area (Å²) in [4.78, 5) is 10.2. The van der Waals surface area contributed by atoms with Crippen LogP contribution in [0.25, 0.3) is 6.08 Å². The van der Waals surface area contributed by atoms with E-state index >= 15 is 0 Å². The first kappa shape index (κ1) is 15.1. The van der Waals surface area contributed by atoms with Crippen LogP contribution in [-0.4, -0.2) is 13.3 Å². The zero-order valence-electron chi connectivity index (χ0n) is 8.16. The van der Waals surface area contributed by atoms with E-state index in [4.69, 9.17) is 0 Å². The van der Waals surface area contributed by atoms with Crippen molar-refractivity contribution >= 4 is 19.3 Å². The van der Waals surface area contributed by atoms with E-state index in [1.54, 1.807) is 0 Å². The van der Waals surface area contributed by atoms with Crippen molar-refractivity contribution in [1.82, 2.24) is 0 Å². The summed E-state index contributed by atoms with van der Waals surface area (Å²) in [6.45, 7) is -4.89. The van der Waals surface area contributed by atoms with Gasteiger partial charge in [-0.1, -0.05) is 30.3 Å². The first-order valence-corrected chi connectivity index (χ1v) is 3.96. The molecular weight excluding hydrogens is 231 g/mol. The van der Waals surface area contributed by atoms with E-state index in [1.807, 2.05) is 0 Å². The molecule has 1 rings (SSSR count). The van der Waals surface area contributed by atoms with Gasteiger partial charge in [0.2, 0.25) is 0 Å². The van der Waals surface area contributed by atoms with E-state index < -0.39 is 6.98 Å².